The lowest BCUT2D eigenvalue weighted by Crippen LogP contribution is -2.52. The van der Waals surface area contributed by atoms with Gasteiger partial charge >= 0.3 is 5.92 Å². The molecule has 32 heavy (non-hydrogen) atoms. The van der Waals surface area contributed by atoms with Crippen LogP contribution < -0.4 is 5.31 Å². The maximum atomic E-state index is 14.6. The summed E-state index contributed by atoms with van der Waals surface area (Å²) in [6.45, 7) is -0.298. The Kier molecular flexibility index (Phi) is 4.34. The molecule has 2 aliphatic rings. The number of aryl methyl sites for hydroxylation is 1. The number of Topliss-reactive ketones (excluding diaryl/α,β-unsaturated/α-hetero) is 1. The molecule has 4 rings (SSSR count). The smallest absolute Gasteiger partial charge is 0.322 e. The summed E-state index contributed by atoms with van der Waals surface area (Å²) in [6.07, 6.45) is -7.11. The monoisotopic (exact) mass is 465 g/mol. The van der Waals surface area contributed by atoms with E-state index in [9.17, 15) is 28.0 Å². The molecular formula is C23H19ClF2N2O4. The molecule has 0 radical (unpaired) electrons. The summed E-state index contributed by atoms with van der Waals surface area (Å²) >= 11 is 5.70. The fourth-order valence-corrected chi connectivity index (χ4v) is 3.64. The predicted molar refractivity (Wildman–Crippen MR) is 111 cm³/mol. The van der Waals surface area contributed by atoms with Gasteiger partial charge in [-0.3, -0.25) is 24.5 Å². The third-order valence-electron chi connectivity index (χ3n) is 5.21. The molecule has 3 atom stereocenters. The van der Waals surface area contributed by atoms with Crippen LogP contribution in [-0.2, 0) is 33.2 Å². The number of nitrogens with zero attached hydrogens (tertiary/aromatic N) is 1. The molecule has 166 valence electrons. The quantitative estimate of drug-likeness (QED) is 0.663. The van der Waals surface area contributed by atoms with Crippen LogP contribution in [0.2, 0.25) is 6.43 Å². The summed E-state index contributed by atoms with van der Waals surface area (Å²) < 4.78 is 68.8. The zero-order chi connectivity index (χ0) is 27.4. The lowest BCUT2D eigenvalue weighted by atomic mass is 9.97. The maximum absolute atomic E-state index is 14.6. The highest BCUT2D eigenvalue weighted by Crippen LogP contribution is 2.32. The Hall–Kier alpha value is -3.13. The van der Waals surface area contributed by atoms with Crippen LogP contribution in [0.3, 0.4) is 0 Å². The number of halogens is 3. The van der Waals surface area contributed by atoms with Crippen molar-refractivity contribution in [1.29, 1.82) is 0 Å². The molecule has 2 aromatic carbocycles. The predicted octanol–water partition coefficient (Wildman–Crippen LogP) is 3.39. The van der Waals surface area contributed by atoms with Crippen molar-refractivity contribution in [2.75, 3.05) is 0 Å². The number of rotatable bonds is 6. The Morgan fingerprint density at radius 3 is 2.69 bits per heavy atom. The highest BCUT2D eigenvalue weighted by atomic mass is 35.5. The third kappa shape index (κ3) is 4.14. The van der Waals surface area contributed by atoms with Gasteiger partial charge in [-0.1, -0.05) is 35.9 Å². The lowest BCUT2D eigenvalue weighted by molar-refractivity contribution is -0.144. The minimum atomic E-state index is -3.85. The van der Waals surface area contributed by atoms with E-state index in [4.69, 9.17) is 18.5 Å². The fourth-order valence-electron chi connectivity index (χ4n) is 3.52. The fraction of sp³-hybridized carbons (Fsp3) is 0.304. The highest BCUT2D eigenvalue weighted by Gasteiger charge is 2.41. The summed E-state index contributed by atoms with van der Waals surface area (Å²) in [7, 11) is 0. The number of benzene rings is 2. The van der Waals surface area contributed by atoms with Crippen molar-refractivity contribution in [3.8, 4) is 0 Å². The topological polar surface area (TPSA) is 83.6 Å². The first kappa shape index (κ1) is 16.5. The van der Waals surface area contributed by atoms with Crippen LogP contribution in [-0.4, -0.2) is 34.4 Å². The number of amides is 3. The number of alkyl halides is 2. The largest absolute Gasteiger partial charge is 0.330 e. The molecular weight excluding hydrogens is 442 g/mol. The molecule has 3 amide bonds. The van der Waals surface area contributed by atoms with Gasteiger partial charge < -0.3 is 4.90 Å². The molecule has 3 unspecified atom stereocenters. The van der Waals surface area contributed by atoms with Gasteiger partial charge in [0, 0.05) is 41.0 Å². The Morgan fingerprint density at radius 2 is 1.97 bits per heavy atom. The Labute approximate surface area is 194 Å². The number of carbonyl (C=O) groups is 4. The SMILES string of the molecule is [2H]C(CC(=O)C(F)(F)c1ccc(Cl)cc1)c1ccc2c(c1)CN(C1C(=O)N([2H])C(=O)C([2H])([2H])C1[2H])C2=O. The van der Waals surface area contributed by atoms with E-state index < -0.39 is 66.6 Å². The van der Waals surface area contributed by atoms with Crippen molar-refractivity contribution >= 4 is 35.1 Å². The van der Waals surface area contributed by atoms with Gasteiger partial charge in [0.05, 0.1) is 0 Å². The van der Waals surface area contributed by atoms with Crippen molar-refractivity contribution in [3.05, 3.63) is 69.7 Å². The van der Waals surface area contributed by atoms with Crippen LogP contribution in [0.25, 0.3) is 0 Å². The molecule has 0 saturated carbocycles. The maximum Gasteiger partial charge on any atom is 0.330 e. The van der Waals surface area contributed by atoms with Crippen molar-refractivity contribution in [2.24, 2.45) is 0 Å². The van der Waals surface area contributed by atoms with Crippen molar-refractivity contribution in [3.63, 3.8) is 0 Å². The average Bonchev–Trinajstić information content (AvgIpc) is 3.17. The van der Waals surface area contributed by atoms with Gasteiger partial charge in [-0.2, -0.15) is 8.78 Å². The number of fused-ring (bicyclic) bond motifs is 1. The molecule has 2 aliphatic heterocycles. The standard InChI is InChI=1S/C23H19ClF2N2O4/c24-16-5-3-15(4-6-16)23(25,26)19(29)9-2-13-1-7-17-14(11-13)12-28(22(17)32)18-8-10-20(30)27-21(18)31/h1,3-7,11,18H,2,8-10,12H2,(H,27,30,31)/i2D,8D,10D2/hD. The number of ketones is 1. The Bertz CT molecular complexity index is 1310. The molecule has 1 fully saturated rings. The summed E-state index contributed by atoms with van der Waals surface area (Å²) in [5, 5.41) is 0.0286. The minimum Gasteiger partial charge on any atom is -0.322 e. The van der Waals surface area contributed by atoms with Crippen LogP contribution in [0.4, 0.5) is 8.78 Å². The van der Waals surface area contributed by atoms with Gasteiger partial charge in [0.2, 0.25) is 17.6 Å². The van der Waals surface area contributed by atoms with Gasteiger partial charge in [-0.15, -0.1) is 0 Å². The number of piperidine rings is 1. The summed E-state index contributed by atoms with van der Waals surface area (Å²) in [5.74, 6) is -8.81. The molecule has 0 spiro atoms. The molecule has 2 heterocycles. The Balaban J connectivity index is 1.54. The second-order valence-electron chi connectivity index (χ2n) is 7.27. The summed E-state index contributed by atoms with van der Waals surface area (Å²) in [6, 6.07) is 6.69. The first-order valence-corrected chi connectivity index (χ1v) is 9.88. The third-order valence-corrected chi connectivity index (χ3v) is 5.46. The van der Waals surface area contributed by atoms with E-state index >= 15 is 0 Å². The number of nitrogens with one attached hydrogen (secondary N) is 1. The molecule has 6 nitrogen and oxygen atoms in total. The Morgan fingerprint density at radius 1 is 1.25 bits per heavy atom. The van der Waals surface area contributed by atoms with Gasteiger partial charge in [0.1, 0.15) is 6.04 Å². The first-order valence-electron chi connectivity index (χ1n) is 12.1. The van der Waals surface area contributed by atoms with Gasteiger partial charge in [0.15, 0.2) is 1.41 Å². The van der Waals surface area contributed by atoms with E-state index in [0.29, 0.717) is 0 Å². The number of hydrogen-bond acceptors (Lipinski definition) is 4. The normalized spacial score (nSPS) is 26.0. The molecule has 1 N–H and O–H groups in total. The van der Waals surface area contributed by atoms with E-state index in [1.807, 2.05) is 0 Å². The molecule has 9 heteroatoms. The summed E-state index contributed by atoms with van der Waals surface area (Å²) in [4.78, 5) is 50.6. The molecule has 0 aliphatic carbocycles. The zero-order valence-electron chi connectivity index (χ0n) is 21.3. The van der Waals surface area contributed by atoms with Gasteiger partial charge in [0.25, 0.3) is 5.91 Å². The van der Waals surface area contributed by atoms with Crippen molar-refractivity contribution < 1.29 is 34.9 Å². The highest BCUT2D eigenvalue weighted by molar-refractivity contribution is 6.30. The van der Waals surface area contributed by atoms with E-state index in [-0.39, 0.29) is 33.6 Å². The minimum absolute atomic E-state index is 0.0720. The second kappa shape index (κ2) is 8.43. The van der Waals surface area contributed by atoms with E-state index in [1.165, 1.54) is 30.3 Å². The van der Waals surface area contributed by atoms with Crippen LogP contribution in [0.5, 0.6) is 0 Å². The number of imide groups is 1. The average molecular weight is 466 g/mol. The lowest BCUT2D eigenvalue weighted by Gasteiger charge is -2.29. The van der Waals surface area contributed by atoms with Crippen molar-refractivity contribution in [1.82, 2.24) is 10.2 Å². The molecule has 2 aromatic rings. The van der Waals surface area contributed by atoms with E-state index in [1.54, 1.807) is 0 Å². The molecule has 0 aromatic heterocycles. The van der Waals surface area contributed by atoms with E-state index in [0.717, 1.165) is 17.0 Å². The first-order chi connectivity index (χ1) is 17.2. The summed E-state index contributed by atoms with van der Waals surface area (Å²) in [5.41, 5.74) is -0.0692. The van der Waals surface area contributed by atoms with Gasteiger partial charge in [-0.05, 0) is 42.1 Å². The van der Waals surface area contributed by atoms with Gasteiger partial charge in [-0.25, -0.2) is 0 Å². The molecule has 0 bridgehead atoms. The number of hydrogen-bond donors (Lipinski definition) is 1. The van der Waals surface area contributed by atoms with Crippen LogP contribution in [0, 0.1) is 0 Å². The zero-order valence-corrected chi connectivity index (χ0v) is 17.1. The van der Waals surface area contributed by atoms with Crippen molar-refractivity contribution in [2.45, 2.75) is 44.1 Å². The van der Waals surface area contributed by atoms with Crippen LogP contribution in [0.1, 0.15) is 51.7 Å². The molecule has 1 saturated heterocycles. The second-order valence-corrected chi connectivity index (χ2v) is 7.71. The van der Waals surface area contributed by atoms with E-state index in [2.05, 4.69) is 0 Å². The van der Waals surface area contributed by atoms with Crippen LogP contribution >= 0.6 is 11.6 Å². The van der Waals surface area contributed by atoms with Crippen LogP contribution in [0.15, 0.2) is 42.5 Å². The number of carbonyl (C=O) groups excluding carboxylic acids is 4.